The van der Waals surface area contributed by atoms with Crippen LogP contribution in [-0.4, -0.2) is 18.5 Å². The summed E-state index contributed by atoms with van der Waals surface area (Å²) in [6, 6.07) is 21.8. The predicted octanol–water partition coefficient (Wildman–Crippen LogP) is 6.69. The second-order valence-electron chi connectivity index (χ2n) is 7.86. The second-order valence-corrected chi connectivity index (χ2v) is 8.71. The standard InChI is InChI=1S/C27H27BrO5/c1-19(2)22-12-15-25(24(28)17-22)31-16-6-9-26(29)33-23-13-10-21(11-14-23)27(30)32-18-20-7-4-3-5-8-20/h3-5,7-8,10-15,17,19H,6,9,16,18H2,1-2H3. The quantitative estimate of drug-likeness (QED) is 0.172. The van der Waals surface area contributed by atoms with E-state index in [0.717, 1.165) is 15.8 Å². The van der Waals surface area contributed by atoms with Gasteiger partial charge in [0.15, 0.2) is 0 Å². The molecular formula is C27H27BrO5. The molecule has 0 aromatic heterocycles. The third-order valence-electron chi connectivity index (χ3n) is 4.94. The molecule has 0 heterocycles. The molecule has 0 saturated carbocycles. The van der Waals surface area contributed by atoms with Crippen LogP contribution in [0.4, 0.5) is 0 Å². The van der Waals surface area contributed by atoms with Crippen molar-refractivity contribution in [1.29, 1.82) is 0 Å². The summed E-state index contributed by atoms with van der Waals surface area (Å²) >= 11 is 3.53. The largest absolute Gasteiger partial charge is 0.492 e. The zero-order valence-corrected chi connectivity index (χ0v) is 20.3. The van der Waals surface area contributed by atoms with Crippen molar-refractivity contribution in [2.75, 3.05) is 6.61 Å². The van der Waals surface area contributed by atoms with Gasteiger partial charge in [-0.3, -0.25) is 4.79 Å². The minimum atomic E-state index is -0.429. The number of rotatable bonds is 10. The molecule has 0 unspecified atom stereocenters. The minimum absolute atomic E-state index is 0.205. The number of carbonyl (C=O) groups excluding carboxylic acids is 2. The lowest BCUT2D eigenvalue weighted by Gasteiger charge is -2.11. The maximum atomic E-state index is 12.2. The molecule has 0 radical (unpaired) electrons. The minimum Gasteiger partial charge on any atom is -0.492 e. The first kappa shape index (κ1) is 24.5. The number of hydrogen-bond donors (Lipinski definition) is 0. The van der Waals surface area contributed by atoms with E-state index in [4.69, 9.17) is 14.2 Å². The van der Waals surface area contributed by atoms with E-state index in [1.807, 2.05) is 42.5 Å². The molecule has 0 atom stereocenters. The van der Waals surface area contributed by atoms with Gasteiger partial charge < -0.3 is 14.2 Å². The van der Waals surface area contributed by atoms with E-state index < -0.39 is 5.97 Å². The summed E-state index contributed by atoms with van der Waals surface area (Å²) in [5, 5.41) is 0. The molecule has 0 aliphatic carbocycles. The molecule has 172 valence electrons. The first-order valence-electron chi connectivity index (χ1n) is 10.9. The number of esters is 2. The molecule has 0 fully saturated rings. The molecule has 0 amide bonds. The number of benzene rings is 3. The third-order valence-corrected chi connectivity index (χ3v) is 5.56. The number of ether oxygens (including phenoxy) is 3. The lowest BCUT2D eigenvalue weighted by atomic mass is 10.0. The number of carbonyl (C=O) groups is 2. The van der Waals surface area contributed by atoms with Gasteiger partial charge in [0.05, 0.1) is 16.6 Å². The van der Waals surface area contributed by atoms with Crippen molar-refractivity contribution in [3.63, 3.8) is 0 Å². The fourth-order valence-corrected chi connectivity index (χ4v) is 3.55. The first-order chi connectivity index (χ1) is 15.9. The van der Waals surface area contributed by atoms with Crippen molar-refractivity contribution in [2.24, 2.45) is 0 Å². The molecule has 0 aliphatic rings. The molecule has 6 heteroatoms. The van der Waals surface area contributed by atoms with Gasteiger partial charge in [-0.05, 0) is 75.8 Å². The molecular weight excluding hydrogens is 484 g/mol. The highest BCUT2D eigenvalue weighted by atomic mass is 79.9. The molecule has 3 aromatic carbocycles. The van der Waals surface area contributed by atoms with Gasteiger partial charge in [-0.2, -0.15) is 0 Å². The molecule has 0 aliphatic heterocycles. The van der Waals surface area contributed by atoms with E-state index in [1.54, 1.807) is 24.3 Å². The summed E-state index contributed by atoms with van der Waals surface area (Å²) in [4.78, 5) is 24.3. The summed E-state index contributed by atoms with van der Waals surface area (Å²) in [6.07, 6.45) is 0.754. The highest BCUT2D eigenvalue weighted by Gasteiger charge is 2.10. The van der Waals surface area contributed by atoms with Crippen LogP contribution in [0.3, 0.4) is 0 Å². The van der Waals surface area contributed by atoms with Crippen LogP contribution >= 0.6 is 15.9 Å². The van der Waals surface area contributed by atoms with Crippen molar-refractivity contribution in [1.82, 2.24) is 0 Å². The van der Waals surface area contributed by atoms with Gasteiger partial charge in [-0.25, -0.2) is 4.79 Å². The highest BCUT2D eigenvalue weighted by molar-refractivity contribution is 9.10. The van der Waals surface area contributed by atoms with Crippen molar-refractivity contribution in [2.45, 2.75) is 39.2 Å². The smallest absolute Gasteiger partial charge is 0.338 e. The van der Waals surface area contributed by atoms with Crippen LogP contribution in [-0.2, 0) is 16.1 Å². The zero-order valence-electron chi connectivity index (χ0n) is 18.8. The Labute approximate surface area is 202 Å². The maximum Gasteiger partial charge on any atom is 0.338 e. The third kappa shape index (κ3) is 7.75. The maximum absolute atomic E-state index is 12.2. The fourth-order valence-electron chi connectivity index (χ4n) is 3.04. The Morgan fingerprint density at radius 2 is 1.67 bits per heavy atom. The Hall–Kier alpha value is -3.12. The number of hydrogen-bond acceptors (Lipinski definition) is 5. The average Bonchev–Trinajstić information content (AvgIpc) is 2.82. The average molecular weight is 511 g/mol. The molecule has 0 spiro atoms. The van der Waals surface area contributed by atoms with Crippen LogP contribution in [0.1, 0.15) is 54.1 Å². The van der Waals surface area contributed by atoms with Crippen LogP contribution in [0.2, 0.25) is 0 Å². The lowest BCUT2D eigenvalue weighted by molar-refractivity contribution is -0.134. The lowest BCUT2D eigenvalue weighted by Crippen LogP contribution is -2.10. The van der Waals surface area contributed by atoms with Gasteiger partial charge in [0.1, 0.15) is 18.1 Å². The van der Waals surface area contributed by atoms with Crippen LogP contribution in [0, 0.1) is 0 Å². The van der Waals surface area contributed by atoms with Crippen LogP contribution in [0.15, 0.2) is 77.3 Å². The Balaban J connectivity index is 1.39. The number of halogens is 1. The predicted molar refractivity (Wildman–Crippen MR) is 131 cm³/mol. The monoisotopic (exact) mass is 510 g/mol. The SMILES string of the molecule is CC(C)c1ccc(OCCCC(=O)Oc2ccc(C(=O)OCc3ccccc3)cc2)c(Br)c1. The summed E-state index contributed by atoms with van der Waals surface area (Å²) in [5.74, 6) is 0.794. The van der Waals surface area contributed by atoms with Gasteiger partial charge in [0.2, 0.25) is 0 Å². The Morgan fingerprint density at radius 1 is 0.939 bits per heavy atom. The van der Waals surface area contributed by atoms with Crippen molar-refractivity contribution >= 4 is 27.9 Å². The van der Waals surface area contributed by atoms with E-state index in [9.17, 15) is 9.59 Å². The highest BCUT2D eigenvalue weighted by Crippen LogP contribution is 2.29. The first-order valence-corrected chi connectivity index (χ1v) is 11.7. The Morgan fingerprint density at radius 3 is 2.33 bits per heavy atom. The van der Waals surface area contributed by atoms with Crippen LogP contribution in [0.5, 0.6) is 11.5 Å². The van der Waals surface area contributed by atoms with Crippen molar-refractivity contribution < 1.29 is 23.8 Å². The van der Waals surface area contributed by atoms with E-state index in [-0.39, 0.29) is 19.0 Å². The van der Waals surface area contributed by atoms with Gasteiger partial charge in [-0.15, -0.1) is 0 Å². The summed E-state index contributed by atoms with van der Waals surface area (Å²) < 4.78 is 17.3. The van der Waals surface area contributed by atoms with E-state index in [1.165, 1.54) is 5.56 Å². The zero-order chi connectivity index (χ0) is 23.6. The van der Waals surface area contributed by atoms with Crippen molar-refractivity contribution in [3.05, 3.63) is 94.0 Å². The Kier molecular flexibility index (Phi) is 9.07. The molecule has 0 saturated heterocycles. The van der Waals surface area contributed by atoms with Crippen LogP contribution < -0.4 is 9.47 Å². The molecule has 0 bridgehead atoms. The fraction of sp³-hybridized carbons (Fsp3) is 0.259. The second kappa shape index (κ2) is 12.2. The van der Waals surface area contributed by atoms with Gasteiger partial charge in [0, 0.05) is 6.42 Å². The van der Waals surface area contributed by atoms with E-state index in [2.05, 4.69) is 35.8 Å². The molecule has 0 N–H and O–H groups in total. The Bertz CT molecular complexity index is 1060. The van der Waals surface area contributed by atoms with Gasteiger partial charge >= 0.3 is 11.9 Å². The van der Waals surface area contributed by atoms with Crippen LogP contribution in [0.25, 0.3) is 0 Å². The molecule has 5 nitrogen and oxygen atoms in total. The van der Waals surface area contributed by atoms with Gasteiger partial charge in [-0.1, -0.05) is 50.2 Å². The van der Waals surface area contributed by atoms with E-state index >= 15 is 0 Å². The van der Waals surface area contributed by atoms with E-state index in [0.29, 0.717) is 30.3 Å². The molecule has 3 rings (SSSR count). The molecule has 33 heavy (non-hydrogen) atoms. The summed E-state index contributed by atoms with van der Waals surface area (Å²) in [7, 11) is 0. The normalized spacial score (nSPS) is 10.7. The topological polar surface area (TPSA) is 61.8 Å². The van der Waals surface area contributed by atoms with Gasteiger partial charge in [0.25, 0.3) is 0 Å². The molecule has 3 aromatic rings. The van der Waals surface area contributed by atoms with Crippen molar-refractivity contribution in [3.8, 4) is 11.5 Å². The summed E-state index contributed by atoms with van der Waals surface area (Å²) in [6.45, 7) is 4.89. The summed E-state index contributed by atoms with van der Waals surface area (Å²) in [5.41, 5.74) is 2.54.